The van der Waals surface area contributed by atoms with Gasteiger partial charge in [0.25, 0.3) is 0 Å². The first kappa shape index (κ1) is 38.7. The number of rotatable bonds is 13. The average Bonchev–Trinajstić information content (AvgIpc) is 3.57. The number of nitrogens with zero attached hydrogens (tertiary/aromatic N) is 2. The van der Waals surface area contributed by atoms with Crippen LogP contribution in [-0.4, -0.2) is 58.8 Å². The van der Waals surface area contributed by atoms with E-state index in [1.165, 1.54) is 0 Å². The monoisotopic (exact) mass is 764 g/mol. The molecule has 1 aliphatic heterocycles. The SMILES string of the molecule is O=S(=O)([O-])CCCCn1/c(=C\C=C2/CCCC(/C=C/C3=[N+](CCCCS(=O)(=O)[O-])c4cccc5cccc3c45)=C2Cl)c2cccc3cccc1c32.[Na+]. The minimum atomic E-state index is -4.26. The molecule has 1 aliphatic carbocycles. The number of aromatic nitrogens is 1. The molecule has 0 spiro atoms. The first-order chi connectivity index (χ1) is 24.5. The van der Waals surface area contributed by atoms with Crippen LogP contribution in [0.4, 0.5) is 5.69 Å². The quantitative estimate of drug-likeness (QED) is 0.0759. The van der Waals surface area contributed by atoms with Gasteiger partial charge in [-0.2, -0.15) is 4.58 Å². The van der Waals surface area contributed by atoms with Gasteiger partial charge in [0.1, 0.15) is 6.54 Å². The van der Waals surface area contributed by atoms with Gasteiger partial charge in [-0.05, 0) is 78.7 Å². The molecule has 5 aromatic rings. The second kappa shape index (κ2) is 16.1. The van der Waals surface area contributed by atoms with Crippen LogP contribution in [0.25, 0.3) is 38.5 Å². The Hall–Kier alpha value is -3.06. The van der Waals surface area contributed by atoms with Crippen molar-refractivity contribution in [1.82, 2.24) is 4.57 Å². The Kier molecular flexibility index (Phi) is 12.0. The van der Waals surface area contributed by atoms with Crippen molar-refractivity contribution in [3.05, 3.63) is 118 Å². The van der Waals surface area contributed by atoms with E-state index in [2.05, 4.69) is 82.0 Å². The Balaban J connectivity index is 0.00000464. The van der Waals surface area contributed by atoms with Crippen molar-refractivity contribution < 1.29 is 60.1 Å². The summed E-state index contributed by atoms with van der Waals surface area (Å²) in [4.78, 5) is 0. The third-order valence-corrected chi connectivity index (χ3v) is 11.9. The molecule has 0 N–H and O–H groups in total. The summed E-state index contributed by atoms with van der Waals surface area (Å²) in [5.74, 6) is -0.747. The fourth-order valence-corrected chi connectivity index (χ4v) is 9.01. The first-order valence-corrected chi connectivity index (χ1v) is 20.8. The zero-order valence-corrected chi connectivity index (χ0v) is 33.4. The molecule has 0 amide bonds. The van der Waals surface area contributed by atoms with Crippen LogP contribution in [0, 0.1) is 0 Å². The second-order valence-corrected chi connectivity index (χ2v) is 16.7. The molecule has 0 saturated carbocycles. The normalized spacial score (nSPS) is 16.4. The predicted molar refractivity (Wildman–Crippen MR) is 204 cm³/mol. The molecule has 8 nitrogen and oxygen atoms in total. The molecule has 0 saturated heterocycles. The van der Waals surface area contributed by atoms with Gasteiger partial charge >= 0.3 is 29.6 Å². The van der Waals surface area contributed by atoms with Gasteiger partial charge in [0.2, 0.25) is 11.4 Å². The second-order valence-electron chi connectivity index (χ2n) is 13.3. The third-order valence-electron chi connectivity index (χ3n) is 9.87. The average molecular weight is 765 g/mol. The van der Waals surface area contributed by atoms with Crippen molar-refractivity contribution in [1.29, 1.82) is 0 Å². The van der Waals surface area contributed by atoms with E-state index in [0.29, 0.717) is 38.8 Å². The van der Waals surface area contributed by atoms with E-state index in [1.807, 2.05) is 24.3 Å². The molecule has 0 radical (unpaired) electrons. The van der Waals surface area contributed by atoms with E-state index in [0.717, 1.165) is 90.2 Å². The molecule has 264 valence electrons. The largest absolute Gasteiger partial charge is 1.00 e. The first-order valence-electron chi connectivity index (χ1n) is 17.3. The molecule has 4 aromatic carbocycles. The van der Waals surface area contributed by atoms with E-state index in [4.69, 9.17) is 11.6 Å². The Morgan fingerprint density at radius 1 is 0.750 bits per heavy atom. The molecule has 7 rings (SSSR count). The fraction of sp³-hybridized carbons (Fsp3) is 0.275. The van der Waals surface area contributed by atoms with E-state index in [9.17, 15) is 25.9 Å². The van der Waals surface area contributed by atoms with Crippen LogP contribution in [0.15, 0.2) is 107 Å². The fourth-order valence-electron chi connectivity index (χ4n) is 7.58. The molecule has 12 heteroatoms. The van der Waals surface area contributed by atoms with Crippen LogP contribution < -0.4 is 34.9 Å². The zero-order valence-electron chi connectivity index (χ0n) is 29.1. The summed E-state index contributed by atoms with van der Waals surface area (Å²) in [6.07, 6.45) is 12.7. The van der Waals surface area contributed by atoms with E-state index < -0.39 is 20.2 Å². The van der Waals surface area contributed by atoms with Crippen molar-refractivity contribution in [2.45, 2.75) is 51.5 Å². The van der Waals surface area contributed by atoms with Crippen molar-refractivity contribution in [2.75, 3.05) is 18.1 Å². The molecule has 1 aromatic heterocycles. The van der Waals surface area contributed by atoms with Crippen molar-refractivity contribution in [2.24, 2.45) is 0 Å². The summed E-state index contributed by atoms with van der Waals surface area (Å²) < 4.78 is 71.8. The van der Waals surface area contributed by atoms with E-state index in [1.54, 1.807) is 0 Å². The number of benzene rings is 4. The van der Waals surface area contributed by atoms with Crippen molar-refractivity contribution in [3.8, 4) is 0 Å². The number of allylic oxidation sites excluding steroid dienone is 6. The van der Waals surface area contributed by atoms with E-state index in [-0.39, 0.29) is 41.1 Å². The van der Waals surface area contributed by atoms with Gasteiger partial charge < -0.3 is 13.7 Å². The summed E-state index contributed by atoms with van der Waals surface area (Å²) in [5.41, 5.74) is 6.32. The molecule has 52 heavy (non-hydrogen) atoms. The van der Waals surface area contributed by atoms with Crippen molar-refractivity contribution >= 4 is 81.8 Å². The van der Waals surface area contributed by atoms with Gasteiger partial charge in [-0.3, -0.25) is 0 Å². The number of hydrogen-bond acceptors (Lipinski definition) is 6. The summed E-state index contributed by atoms with van der Waals surface area (Å²) in [5, 5.41) is 7.39. The van der Waals surface area contributed by atoms with Crippen molar-refractivity contribution in [3.63, 3.8) is 0 Å². The van der Waals surface area contributed by atoms with Gasteiger partial charge in [-0.15, -0.1) is 0 Å². The Bertz CT molecular complexity index is 2580. The van der Waals surface area contributed by atoms with Crippen LogP contribution in [0.3, 0.4) is 0 Å². The molecular formula is C40H38ClN2NaO6S2. The van der Waals surface area contributed by atoms with Gasteiger partial charge in [-0.25, -0.2) is 16.8 Å². The summed E-state index contributed by atoms with van der Waals surface area (Å²) in [6, 6.07) is 24.9. The standard InChI is InChI=1S/C40H39ClN2O6S2.Na/c41-40-30(20-22-34-32-16-6-10-28-12-8-18-36(38(28)32)42(34)24-1-3-26-50(44,45)46)14-5-15-31(40)21-23-35-33-17-7-11-29-13-9-19-37(39(29)33)43(35)25-2-4-27-51(47,48)49;/h6-13,16-23H,1-5,14-15,24-27H2,(H-,44,45,46,47,48,49);/q;+1/p-1. The Morgan fingerprint density at radius 3 is 2.13 bits per heavy atom. The molecule has 0 atom stereocenters. The maximum Gasteiger partial charge on any atom is 1.00 e. The molecule has 2 aliphatic rings. The molecule has 0 fully saturated rings. The zero-order chi connectivity index (χ0) is 35.8. The summed E-state index contributed by atoms with van der Waals surface area (Å²) in [7, 11) is -8.53. The number of aryl methyl sites for hydroxylation is 1. The predicted octanol–water partition coefficient (Wildman–Crippen LogP) is 4.41. The van der Waals surface area contributed by atoms with Gasteiger partial charge in [0.15, 0.2) is 0 Å². The third kappa shape index (κ3) is 8.35. The minimum absolute atomic E-state index is 0. The number of hydrogen-bond donors (Lipinski definition) is 0. The Morgan fingerprint density at radius 2 is 1.40 bits per heavy atom. The maximum absolute atomic E-state index is 11.2. The van der Waals surface area contributed by atoms with Gasteiger partial charge in [-0.1, -0.05) is 78.4 Å². The van der Waals surface area contributed by atoms with Gasteiger partial charge in [0.05, 0.1) is 31.2 Å². The maximum atomic E-state index is 11.2. The minimum Gasteiger partial charge on any atom is -0.748 e. The van der Waals surface area contributed by atoms with Crippen LogP contribution in [0.1, 0.15) is 50.5 Å². The summed E-state index contributed by atoms with van der Waals surface area (Å²) >= 11 is 7.14. The Labute approximate surface area is 331 Å². The smallest absolute Gasteiger partial charge is 0.748 e. The van der Waals surface area contributed by atoms with Crippen LogP contribution in [-0.2, 0) is 26.8 Å². The number of halogens is 1. The molecule has 0 bridgehead atoms. The van der Waals surface area contributed by atoms with E-state index >= 15 is 0 Å². The molecular weight excluding hydrogens is 727 g/mol. The topological polar surface area (TPSA) is 122 Å². The molecule has 0 unspecified atom stereocenters. The summed E-state index contributed by atoms with van der Waals surface area (Å²) in [6.45, 7) is 1.15. The van der Waals surface area contributed by atoms with Gasteiger partial charge in [0, 0.05) is 63.3 Å². The van der Waals surface area contributed by atoms with Crippen LogP contribution >= 0.6 is 11.6 Å². The molecule has 2 heterocycles. The van der Waals surface area contributed by atoms with Crippen LogP contribution in [0.5, 0.6) is 0 Å². The van der Waals surface area contributed by atoms with Crippen LogP contribution in [0.2, 0.25) is 0 Å². The number of unbranched alkanes of at least 4 members (excludes halogenated alkanes) is 2.